The molecule has 0 aromatic heterocycles. The van der Waals surface area contributed by atoms with Crippen molar-refractivity contribution >= 4 is 5.91 Å². The number of allylic oxidation sites excluding steroid dienone is 8. The van der Waals surface area contributed by atoms with Gasteiger partial charge in [0.1, 0.15) is 12.2 Å². The summed E-state index contributed by atoms with van der Waals surface area (Å²) in [5.74, 6) is -0.596. The number of unbranched alkanes of at least 4 members (excludes halogenated alkanes) is 42. The second-order valence-corrected chi connectivity index (χ2v) is 22.1. The van der Waals surface area contributed by atoms with Gasteiger partial charge in [-0.2, -0.15) is 0 Å². The quantitative estimate of drug-likeness (QED) is 0.0308. The lowest BCUT2D eigenvalue weighted by Gasteiger charge is -2.27. The Hall–Kier alpha value is -1.73. The summed E-state index contributed by atoms with van der Waals surface area (Å²) in [6, 6.07) is -1.01. The van der Waals surface area contributed by atoms with Gasteiger partial charge in [-0.25, -0.2) is 0 Å². The average Bonchev–Trinajstić information content (AvgIpc) is 3.39. The van der Waals surface area contributed by atoms with Crippen LogP contribution in [0.4, 0.5) is 0 Å². The van der Waals surface area contributed by atoms with E-state index in [2.05, 4.69) is 67.8 Å². The number of aliphatic hydroxyl groups is 4. The molecule has 6 nitrogen and oxygen atoms in total. The fourth-order valence-electron chi connectivity index (χ4n) is 9.96. The molecule has 0 aliphatic rings. The van der Waals surface area contributed by atoms with Gasteiger partial charge in [0.05, 0.1) is 18.8 Å². The summed E-state index contributed by atoms with van der Waals surface area (Å²) in [5.41, 5.74) is 0. The molecule has 0 radical (unpaired) electrons. The summed E-state index contributed by atoms with van der Waals surface area (Å²) < 4.78 is 0. The van der Waals surface area contributed by atoms with Crippen LogP contribution in [0.5, 0.6) is 0 Å². The van der Waals surface area contributed by atoms with Crippen molar-refractivity contribution in [1.82, 2.24) is 5.32 Å². The van der Waals surface area contributed by atoms with Crippen molar-refractivity contribution in [3.63, 3.8) is 0 Å². The predicted molar refractivity (Wildman–Crippen MR) is 316 cm³/mol. The molecule has 0 aliphatic carbocycles. The predicted octanol–water partition coefficient (Wildman–Crippen LogP) is 19.3. The second-order valence-electron chi connectivity index (χ2n) is 22.1. The molecule has 4 unspecified atom stereocenters. The highest BCUT2D eigenvalue weighted by Crippen LogP contribution is 2.18. The topological polar surface area (TPSA) is 110 Å². The minimum atomic E-state index is -1.30. The first kappa shape index (κ1) is 70.3. The second kappa shape index (κ2) is 60.1. The Labute approximate surface area is 449 Å². The van der Waals surface area contributed by atoms with Crippen molar-refractivity contribution in [2.75, 3.05) is 6.61 Å². The lowest BCUT2D eigenvalue weighted by molar-refractivity contribution is -0.132. The minimum absolute atomic E-state index is 0.359. The molecule has 0 heterocycles. The van der Waals surface area contributed by atoms with Crippen LogP contribution in [0.15, 0.2) is 48.6 Å². The van der Waals surface area contributed by atoms with Crippen LogP contribution in [0.2, 0.25) is 0 Å². The normalized spacial score (nSPS) is 13.9. The van der Waals surface area contributed by atoms with Gasteiger partial charge in [0, 0.05) is 0 Å². The van der Waals surface area contributed by atoms with E-state index in [1.807, 2.05) is 0 Å². The zero-order valence-corrected chi connectivity index (χ0v) is 48.2. The van der Waals surface area contributed by atoms with Crippen molar-refractivity contribution < 1.29 is 25.2 Å². The first-order valence-electron chi connectivity index (χ1n) is 32.0. The monoisotopic (exact) mass is 1010 g/mol. The average molecular weight is 1010 g/mol. The standard InChI is InChI=1S/C66H125NO5/c1-3-5-7-9-11-13-15-17-19-21-23-25-27-29-31-32-34-36-38-40-42-44-46-48-50-52-54-56-58-60-64(70)66(72)67-62(61-68)65(71)63(69)59-57-55-53-51-49-47-45-43-41-39-37-35-33-30-28-26-24-22-20-18-16-14-12-10-8-6-4-2/h29,31,35,37,43,45,51,53,62-65,68-71H,3-28,30,32-34,36,38-42,44,46-50,52,54-61H2,1-2H3,(H,67,72)/b31-29-,37-35+,45-43+,53-51+. The molecule has 0 saturated heterocycles. The summed E-state index contributed by atoms with van der Waals surface area (Å²) >= 11 is 0. The Kier molecular flexibility index (Phi) is 58.7. The number of nitrogens with one attached hydrogen (secondary N) is 1. The first-order valence-corrected chi connectivity index (χ1v) is 32.0. The number of hydrogen-bond donors (Lipinski definition) is 5. The molecule has 1 amide bonds. The smallest absolute Gasteiger partial charge is 0.249 e. The Morgan fingerprint density at radius 1 is 0.333 bits per heavy atom. The zero-order chi connectivity index (χ0) is 52.3. The summed E-state index contributed by atoms with van der Waals surface area (Å²) in [5, 5.41) is 44.1. The number of hydrogen-bond acceptors (Lipinski definition) is 5. The molecule has 0 fully saturated rings. The Morgan fingerprint density at radius 2 is 0.583 bits per heavy atom. The molecule has 72 heavy (non-hydrogen) atoms. The largest absolute Gasteiger partial charge is 0.394 e. The third kappa shape index (κ3) is 53.1. The Balaban J connectivity index is 3.65. The SMILES string of the molecule is CCCCCCCCCCCCCC/C=C\CCCCCCCCCCCCCCCC(O)C(=O)NC(CO)C(O)C(O)CCC/C=C/CC/C=C/CC/C=C/CCCCCCCCCCCCCCCC. The van der Waals surface area contributed by atoms with Gasteiger partial charge in [0.2, 0.25) is 5.91 Å². The van der Waals surface area contributed by atoms with Gasteiger partial charge in [0.15, 0.2) is 0 Å². The van der Waals surface area contributed by atoms with E-state index in [0.29, 0.717) is 19.3 Å². The van der Waals surface area contributed by atoms with Gasteiger partial charge in [-0.15, -0.1) is 0 Å². The number of rotatable bonds is 59. The lowest BCUT2D eigenvalue weighted by Crippen LogP contribution is -2.53. The molecule has 0 spiro atoms. The molecule has 0 aliphatic heterocycles. The first-order chi connectivity index (χ1) is 35.5. The van der Waals surface area contributed by atoms with Crippen molar-refractivity contribution in [2.24, 2.45) is 0 Å². The molecule has 4 atom stereocenters. The number of amides is 1. The molecular weight excluding hydrogens is 887 g/mol. The van der Waals surface area contributed by atoms with E-state index in [1.54, 1.807) is 0 Å². The van der Waals surface area contributed by atoms with Gasteiger partial charge >= 0.3 is 0 Å². The van der Waals surface area contributed by atoms with E-state index in [-0.39, 0.29) is 0 Å². The molecule has 5 N–H and O–H groups in total. The minimum Gasteiger partial charge on any atom is -0.394 e. The van der Waals surface area contributed by atoms with E-state index in [4.69, 9.17) is 0 Å². The number of carbonyl (C=O) groups excluding carboxylic acids is 1. The fourth-order valence-corrected chi connectivity index (χ4v) is 9.96. The summed E-state index contributed by atoms with van der Waals surface area (Å²) in [6.07, 6.45) is 77.8. The van der Waals surface area contributed by atoms with Crippen LogP contribution in [0.25, 0.3) is 0 Å². The van der Waals surface area contributed by atoms with Crippen LogP contribution < -0.4 is 5.32 Å². The third-order valence-corrected chi connectivity index (χ3v) is 15.0. The summed E-state index contributed by atoms with van der Waals surface area (Å²) in [4.78, 5) is 12.6. The van der Waals surface area contributed by atoms with E-state index < -0.39 is 36.9 Å². The lowest BCUT2D eigenvalue weighted by atomic mass is 10.00. The van der Waals surface area contributed by atoms with Crippen molar-refractivity contribution in [3.05, 3.63) is 48.6 Å². The van der Waals surface area contributed by atoms with Crippen LogP contribution >= 0.6 is 0 Å². The number of aliphatic hydroxyl groups excluding tert-OH is 4. The summed E-state index contributed by atoms with van der Waals surface area (Å²) in [7, 11) is 0. The molecule has 6 heteroatoms. The van der Waals surface area contributed by atoms with Crippen molar-refractivity contribution in [3.8, 4) is 0 Å². The van der Waals surface area contributed by atoms with Gasteiger partial charge in [-0.3, -0.25) is 4.79 Å². The van der Waals surface area contributed by atoms with Crippen LogP contribution in [0, 0.1) is 0 Å². The molecular formula is C66H125NO5. The molecule has 0 aromatic carbocycles. The van der Waals surface area contributed by atoms with Crippen LogP contribution in [-0.2, 0) is 4.79 Å². The van der Waals surface area contributed by atoms with E-state index >= 15 is 0 Å². The van der Waals surface area contributed by atoms with E-state index in [9.17, 15) is 25.2 Å². The van der Waals surface area contributed by atoms with Gasteiger partial charge in [0.25, 0.3) is 0 Å². The van der Waals surface area contributed by atoms with Gasteiger partial charge in [-0.1, -0.05) is 294 Å². The van der Waals surface area contributed by atoms with E-state index in [1.165, 1.54) is 250 Å². The van der Waals surface area contributed by atoms with Gasteiger partial charge < -0.3 is 25.7 Å². The van der Waals surface area contributed by atoms with Crippen molar-refractivity contribution in [2.45, 2.75) is 359 Å². The Morgan fingerprint density at radius 3 is 0.875 bits per heavy atom. The molecule has 0 bridgehead atoms. The molecule has 0 saturated carbocycles. The van der Waals surface area contributed by atoms with Crippen LogP contribution in [0.3, 0.4) is 0 Å². The van der Waals surface area contributed by atoms with Crippen LogP contribution in [-0.4, -0.2) is 57.3 Å². The highest BCUT2D eigenvalue weighted by atomic mass is 16.3. The highest BCUT2D eigenvalue weighted by molar-refractivity contribution is 5.80. The third-order valence-electron chi connectivity index (χ3n) is 15.0. The Bertz CT molecular complexity index is 1180. The molecule has 0 rings (SSSR count). The maximum absolute atomic E-state index is 12.6. The summed E-state index contributed by atoms with van der Waals surface area (Å²) in [6.45, 7) is 4.08. The van der Waals surface area contributed by atoms with E-state index in [0.717, 1.165) is 51.4 Å². The molecule has 424 valence electrons. The van der Waals surface area contributed by atoms with Gasteiger partial charge in [-0.05, 0) is 89.9 Å². The molecule has 0 aromatic rings. The fraction of sp³-hybridized carbons (Fsp3) is 0.864. The highest BCUT2D eigenvalue weighted by Gasteiger charge is 2.28. The number of carbonyl (C=O) groups is 1. The maximum Gasteiger partial charge on any atom is 0.249 e. The zero-order valence-electron chi connectivity index (χ0n) is 48.2. The van der Waals surface area contributed by atoms with Crippen LogP contribution in [0.1, 0.15) is 335 Å². The van der Waals surface area contributed by atoms with Crippen molar-refractivity contribution in [1.29, 1.82) is 0 Å². The maximum atomic E-state index is 12.6.